The quantitative estimate of drug-likeness (QED) is 0.164. The molecule has 0 saturated heterocycles. The minimum absolute atomic E-state index is 0.0105. The van der Waals surface area contributed by atoms with E-state index in [1.807, 2.05) is 6.92 Å². The highest BCUT2D eigenvalue weighted by Crippen LogP contribution is 2.46. The highest BCUT2D eigenvalue weighted by molar-refractivity contribution is 6.17. The van der Waals surface area contributed by atoms with Crippen molar-refractivity contribution in [3.05, 3.63) is 144 Å². The number of anilines is 6. The third-order valence-corrected chi connectivity index (χ3v) is 12.3. The van der Waals surface area contributed by atoms with E-state index >= 15 is 0 Å². The zero-order valence-corrected chi connectivity index (χ0v) is 39.0. The zero-order valence-electron chi connectivity index (χ0n) is 39.0. The molecule has 0 bridgehead atoms. The van der Waals surface area contributed by atoms with Gasteiger partial charge in [0.15, 0.2) is 22.8 Å². The summed E-state index contributed by atoms with van der Waals surface area (Å²) in [4.78, 5) is 23.9. The second-order valence-corrected chi connectivity index (χ2v) is 21.1. The lowest BCUT2D eigenvalue weighted by molar-refractivity contribution is 0.590. The summed E-state index contributed by atoms with van der Waals surface area (Å²) >= 11 is 0. The predicted molar refractivity (Wildman–Crippen MR) is 261 cm³/mol. The minimum Gasteiger partial charge on any atom is -0.450 e. The number of benzene rings is 5. The number of nitrogens with zero attached hydrogens (tertiary/aromatic N) is 6. The molecule has 9 rings (SSSR count). The van der Waals surface area contributed by atoms with Gasteiger partial charge < -0.3 is 8.83 Å². The maximum atomic E-state index is 6.92. The molecule has 0 radical (unpaired) electrons. The van der Waals surface area contributed by atoms with Crippen LogP contribution in [-0.4, -0.2) is 19.9 Å². The van der Waals surface area contributed by atoms with Gasteiger partial charge in [-0.1, -0.05) is 132 Å². The molecule has 5 aromatic carbocycles. The normalized spacial score (nSPS) is 12.8. The maximum absolute atomic E-state index is 6.92. The molecule has 9 aromatic rings. The lowest BCUT2D eigenvalue weighted by atomic mass is 9.86. The lowest BCUT2D eigenvalue weighted by Crippen LogP contribution is -2.15. The lowest BCUT2D eigenvalue weighted by Gasteiger charge is -2.27. The third-order valence-electron chi connectivity index (χ3n) is 12.3. The van der Waals surface area contributed by atoms with E-state index in [1.165, 1.54) is 22.3 Å². The molecular weight excluding hydrogens is 777 g/mol. The third kappa shape index (κ3) is 7.49. The SMILES string of the molecule is Cc1c2oc3c(N(c4ccc(C(C)(C)C)cc4)c4ccc(C(C)(C)C)cc4)ncnc3c2cc2c1oc1c(N(c3ccc(C(C)(C)C)cc3)c3ccc(C(C)(C)C)cc3)ncnc12. The largest absolute Gasteiger partial charge is 0.450 e. The standard InChI is InChI=1S/C55H58N6O2/c1-33-46-42(44-48(62-46)50(58-31-56-44)60(38-22-14-34(15-23-38)52(2,3)4)39-24-16-35(17-25-39)53(5,6)7)30-43-45-49(63-47(33)43)51(59-32-57-45)61(40-26-18-36(19-27-40)54(8,9)10)41-28-20-37(21-29-41)55(11,12)13/h14-32H,1-13H3. The van der Waals surface area contributed by atoms with Gasteiger partial charge in [0.25, 0.3) is 0 Å². The van der Waals surface area contributed by atoms with Gasteiger partial charge in [-0.15, -0.1) is 0 Å². The number of hydrogen-bond donors (Lipinski definition) is 0. The average Bonchev–Trinajstić information content (AvgIpc) is 3.81. The molecule has 8 heteroatoms. The summed E-state index contributed by atoms with van der Waals surface area (Å²) in [6.45, 7) is 28.8. The average molecular weight is 835 g/mol. The van der Waals surface area contributed by atoms with E-state index in [1.54, 1.807) is 12.7 Å². The molecule has 0 unspecified atom stereocenters. The number of furan rings is 2. The van der Waals surface area contributed by atoms with Crippen LogP contribution in [0.5, 0.6) is 0 Å². The van der Waals surface area contributed by atoms with E-state index in [9.17, 15) is 0 Å². The Morgan fingerprint density at radius 1 is 0.365 bits per heavy atom. The van der Waals surface area contributed by atoms with Crippen LogP contribution in [0.4, 0.5) is 34.4 Å². The van der Waals surface area contributed by atoms with Crippen molar-refractivity contribution in [1.29, 1.82) is 0 Å². The van der Waals surface area contributed by atoms with Crippen LogP contribution in [0.25, 0.3) is 44.1 Å². The molecule has 0 N–H and O–H groups in total. The summed E-state index contributed by atoms with van der Waals surface area (Å²) in [7, 11) is 0. The molecule has 4 heterocycles. The number of aryl methyl sites for hydroxylation is 1. The van der Waals surface area contributed by atoms with Gasteiger partial charge in [-0.05, 0) is 105 Å². The number of rotatable bonds is 6. The Kier molecular flexibility index (Phi) is 9.81. The predicted octanol–water partition coefficient (Wildman–Crippen LogP) is 15.5. The van der Waals surface area contributed by atoms with Crippen LogP contribution < -0.4 is 9.80 Å². The van der Waals surface area contributed by atoms with Crippen LogP contribution in [0.2, 0.25) is 0 Å². The Hall–Kier alpha value is -6.54. The molecule has 0 aliphatic carbocycles. The van der Waals surface area contributed by atoms with Gasteiger partial charge in [-0.2, -0.15) is 0 Å². The van der Waals surface area contributed by atoms with E-state index in [4.69, 9.17) is 28.8 Å². The van der Waals surface area contributed by atoms with Gasteiger partial charge in [0, 0.05) is 39.1 Å². The van der Waals surface area contributed by atoms with E-state index in [2.05, 4.69) is 196 Å². The molecule has 0 atom stereocenters. The smallest absolute Gasteiger partial charge is 0.197 e. The zero-order chi connectivity index (χ0) is 44.8. The van der Waals surface area contributed by atoms with Crippen LogP contribution in [0.3, 0.4) is 0 Å². The second-order valence-electron chi connectivity index (χ2n) is 21.1. The van der Waals surface area contributed by atoms with Crippen LogP contribution >= 0.6 is 0 Å². The molecule has 0 aliphatic heterocycles. The Morgan fingerprint density at radius 2 is 0.635 bits per heavy atom. The number of fused-ring (bicyclic) bond motifs is 6. The van der Waals surface area contributed by atoms with E-state index in [-0.39, 0.29) is 21.7 Å². The summed E-state index contributed by atoms with van der Waals surface area (Å²) in [6, 6.07) is 37.0. The van der Waals surface area contributed by atoms with Gasteiger partial charge in [0.2, 0.25) is 0 Å². The molecule has 0 amide bonds. The van der Waals surface area contributed by atoms with Crippen LogP contribution in [-0.2, 0) is 21.7 Å². The fraction of sp³-hybridized carbons (Fsp3) is 0.309. The monoisotopic (exact) mass is 834 g/mol. The summed E-state index contributed by atoms with van der Waals surface area (Å²) in [5, 5.41) is 1.72. The molecule has 320 valence electrons. The first-order valence-electron chi connectivity index (χ1n) is 21.9. The van der Waals surface area contributed by atoms with Crippen molar-refractivity contribution < 1.29 is 8.83 Å². The van der Waals surface area contributed by atoms with E-state index < -0.39 is 0 Å². The number of hydrogen-bond acceptors (Lipinski definition) is 8. The van der Waals surface area contributed by atoms with Crippen molar-refractivity contribution in [2.75, 3.05) is 9.80 Å². The van der Waals surface area contributed by atoms with E-state index in [0.717, 1.165) is 39.1 Å². The highest BCUT2D eigenvalue weighted by Gasteiger charge is 2.28. The molecule has 8 nitrogen and oxygen atoms in total. The fourth-order valence-electron chi connectivity index (χ4n) is 8.45. The summed E-state index contributed by atoms with van der Waals surface area (Å²) in [6.07, 6.45) is 3.27. The first-order valence-corrected chi connectivity index (χ1v) is 21.9. The maximum Gasteiger partial charge on any atom is 0.197 e. The van der Waals surface area contributed by atoms with Crippen molar-refractivity contribution in [1.82, 2.24) is 19.9 Å². The van der Waals surface area contributed by atoms with Gasteiger partial charge in [-0.3, -0.25) is 9.80 Å². The first kappa shape index (κ1) is 41.8. The van der Waals surface area contributed by atoms with Crippen molar-refractivity contribution in [3.63, 3.8) is 0 Å². The second kappa shape index (κ2) is 14.8. The Morgan fingerprint density at radius 3 is 0.889 bits per heavy atom. The van der Waals surface area contributed by atoms with Crippen molar-refractivity contribution in [2.24, 2.45) is 0 Å². The first-order chi connectivity index (χ1) is 29.7. The van der Waals surface area contributed by atoms with Gasteiger partial charge in [0.05, 0.1) is 0 Å². The molecule has 4 aromatic heterocycles. The molecule has 0 fully saturated rings. The molecule has 63 heavy (non-hydrogen) atoms. The van der Waals surface area contributed by atoms with E-state index in [0.29, 0.717) is 45.0 Å². The summed E-state index contributed by atoms with van der Waals surface area (Å²) in [5.74, 6) is 1.30. The van der Waals surface area contributed by atoms with Crippen LogP contribution in [0, 0.1) is 6.92 Å². The highest BCUT2D eigenvalue weighted by atomic mass is 16.3. The van der Waals surface area contributed by atoms with Gasteiger partial charge in [-0.25, -0.2) is 19.9 Å². The molecule has 0 spiro atoms. The number of aromatic nitrogens is 4. The summed E-state index contributed by atoms with van der Waals surface area (Å²) < 4.78 is 13.8. The Bertz CT molecular complexity index is 2810. The topological polar surface area (TPSA) is 84.3 Å². The van der Waals surface area contributed by atoms with Crippen molar-refractivity contribution in [3.8, 4) is 0 Å². The van der Waals surface area contributed by atoms with Crippen molar-refractivity contribution in [2.45, 2.75) is 112 Å². The molecular formula is C55H58N6O2. The van der Waals surface area contributed by atoms with Crippen LogP contribution in [0.15, 0.2) is 125 Å². The Labute approximate surface area is 371 Å². The van der Waals surface area contributed by atoms with Crippen molar-refractivity contribution >= 4 is 78.5 Å². The van der Waals surface area contributed by atoms with Crippen LogP contribution in [0.1, 0.15) is 111 Å². The molecule has 0 saturated carbocycles. The fourth-order valence-corrected chi connectivity index (χ4v) is 8.45. The molecule has 0 aliphatic rings. The van der Waals surface area contributed by atoms with Gasteiger partial charge in [0.1, 0.15) is 34.9 Å². The Balaban J connectivity index is 1.22. The minimum atomic E-state index is 0.0105. The van der Waals surface area contributed by atoms with Gasteiger partial charge >= 0.3 is 0 Å². The summed E-state index contributed by atoms with van der Waals surface area (Å²) in [5.41, 5.74) is 13.8.